The fourth-order valence-electron chi connectivity index (χ4n) is 0.804. The molecule has 0 spiro atoms. The maximum atomic E-state index is 12.6. The van der Waals surface area contributed by atoms with Gasteiger partial charge in [-0.3, -0.25) is 0 Å². The van der Waals surface area contributed by atoms with Gasteiger partial charge in [-0.15, -0.1) is 11.6 Å². The summed E-state index contributed by atoms with van der Waals surface area (Å²) in [6, 6.07) is 6.01. The van der Waals surface area contributed by atoms with E-state index in [0.29, 0.717) is 11.6 Å². The topological polar surface area (TPSA) is 9.23 Å². The van der Waals surface area contributed by atoms with E-state index in [9.17, 15) is 4.39 Å². The summed E-state index contributed by atoms with van der Waals surface area (Å²) in [5.41, 5.74) is 0. The molecule has 1 nitrogen and oxygen atoms in total. The highest BCUT2D eigenvalue weighted by Gasteiger charge is 2.01. The number of ether oxygens (including phenoxy) is 1. The maximum absolute atomic E-state index is 12.6. The van der Waals surface area contributed by atoms with Crippen LogP contribution in [0.2, 0.25) is 0 Å². The first-order chi connectivity index (χ1) is 5.72. The highest BCUT2D eigenvalue weighted by atomic mass is 35.5. The predicted octanol–water partition coefficient (Wildman–Crippen LogP) is 2.83. The first-order valence-corrected chi connectivity index (χ1v) is 4.24. The molecule has 0 aromatic heterocycles. The molecule has 0 saturated carbocycles. The van der Waals surface area contributed by atoms with Crippen molar-refractivity contribution in [2.24, 2.45) is 0 Å². The molecule has 0 bridgehead atoms. The Balaban J connectivity index is 2.63. The Morgan fingerprint density at radius 2 is 2.33 bits per heavy atom. The van der Waals surface area contributed by atoms with Crippen LogP contribution in [0.5, 0.6) is 5.75 Å². The lowest BCUT2D eigenvalue weighted by molar-refractivity contribution is 0.244. The third-order valence-electron chi connectivity index (χ3n) is 1.35. The van der Waals surface area contributed by atoms with Crippen LogP contribution in [0.15, 0.2) is 24.3 Å². The molecule has 12 heavy (non-hydrogen) atoms. The van der Waals surface area contributed by atoms with Crippen LogP contribution >= 0.6 is 11.6 Å². The summed E-state index contributed by atoms with van der Waals surface area (Å²) >= 11 is 5.52. The van der Waals surface area contributed by atoms with Gasteiger partial charge in [0.05, 0.1) is 5.88 Å². The third kappa shape index (κ3) is 2.70. The second-order valence-electron chi connectivity index (χ2n) is 2.54. The average molecular weight is 189 g/mol. The van der Waals surface area contributed by atoms with Crippen LogP contribution in [0.3, 0.4) is 0 Å². The zero-order valence-corrected chi connectivity index (χ0v) is 7.51. The van der Waals surface area contributed by atoms with Crippen molar-refractivity contribution in [3.63, 3.8) is 0 Å². The Labute approximate surface area is 76.1 Å². The van der Waals surface area contributed by atoms with Crippen LogP contribution in [0.25, 0.3) is 0 Å². The summed E-state index contributed by atoms with van der Waals surface area (Å²) in [4.78, 5) is 0. The quantitative estimate of drug-likeness (QED) is 0.663. The highest BCUT2D eigenvalue weighted by molar-refractivity contribution is 6.18. The summed E-state index contributed by atoms with van der Waals surface area (Å²) in [6.45, 7) is 1.83. The highest BCUT2D eigenvalue weighted by Crippen LogP contribution is 2.13. The van der Waals surface area contributed by atoms with Crippen LogP contribution < -0.4 is 4.74 Å². The maximum Gasteiger partial charge on any atom is 0.126 e. The molecule has 0 fully saturated rings. The van der Waals surface area contributed by atoms with Gasteiger partial charge in [0.1, 0.15) is 17.7 Å². The number of rotatable bonds is 3. The van der Waals surface area contributed by atoms with Crippen molar-refractivity contribution in [2.45, 2.75) is 13.0 Å². The Morgan fingerprint density at radius 3 is 2.92 bits per heavy atom. The van der Waals surface area contributed by atoms with E-state index in [4.69, 9.17) is 16.3 Å². The average Bonchev–Trinajstić information content (AvgIpc) is 2.04. The monoisotopic (exact) mass is 188 g/mol. The summed E-state index contributed by atoms with van der Waals surface area (Å²) in [6.07, 6.45) is -0.0894. The van der Waals surface area contributed by atoms with E-state index < -0.39 is 0 Å². The predicted molar refractivity (Wildman–Crippen MR) is 47.2 cm³/mol. The van der Waals surface area contributed by atoms with Gasteiger partial charge < -0.3 is 4.74 Å². The standard InChI is InChI=1S/C9H10ClFO/c1-7(6-10)12-9-4-2-3-8(11)5-9/h2-5,7H,6H2,1H3. The van der Waals surface area contributed by atoms with Gasteiger partial charge in [-0.25, -0.2) is 4.39 Å². The van der Waals surface area contributed by atoms with Gasteiger partial charge in [0.2, 0.25) is 0 Å². The smallest absolute Gasteiger partial charge is 0.126 e. The van der Waals surface area contributed by atoms with Gasteiger partial charge in [-0.2, -0.15) is 0 Å². The number of benzene rings is 1. The van der Waals surface area contributed by atoms with Crippen molar-refractivity contribution >= 4 is 11.6 Å². The Morgan fingerprint density at radius 1 is 1.58 bits per heavy atom. The van der Waals surface area contributed by atoms with Crippen molar-refractivity contribution < 1.29 is 9.13 Å². The molecule has 66 valence electrons. The van der Waals surface area contributed by atoms with Gasteiger partial charge in [-0.1, -0.05) is 6.07 Å². The van der Waals surface area contributed by atoms with Gasteiger partial charge in [0.25, 0.3) is 0 Å². The van der Waals surface area contributed by atoms with E-state index in [-0.39, 0.29) is 11.9 Å². The Bertz CT molecular complexity index is 252. The minimum atomic E-state index is -0.297. The SMILES string of the molecule is CC(CCl)Oc1cccc(F)c1. The van der Waals surface area contributed by atoms with E-state index in [0.717, 1.165) is 0 Å². The van der Waals surface area contributed by atoms with Gasteiger partial charge in [-0.05, 0) is 19.1 Å². The van der Waals surface area contributed by atoms with Crippen LogP contribution in [0.1, 0.15) is 6.92 Å². The molecular formula is C9H10ClFO. The second kappa shape index (κ2) is 4.31. The van der Waals surface area contributed by atoms with Crippen LogP contribution in [0, 0.1) is 5.82 Å². The fraction of sp³-hybridized carbons (Fsp3) is 0.333. The summed E-state index contributed by atoms with van der Waals surface area (Å²) in [5, 5.41) is 0. The van der Waals surface area contributed by atoms with Crippen molar-refractivity contribution in [3.05, 3.63) is 30.1 Å². The number of hydrogen-bond donors (Lipinski definition) is 0. The molecule has 1 atom stereocenters. The third-order valence-corrected chi connectivity index (χ3v) is 1.79. The molecule has 0 N–H and O–H groups in total. The summed E-state index contributed by atoms with van der Waals surface area (Å²) < 4.78 is 17.9. The zero-order valence-electron chi connectivity index (χ0n) is 6.76. The molecule has 1 rings (SSSR count). The number of halogens is 2. The van der Waals surface area contributed by atoms with E-state index in [2.05, 4.69) is 0 Å². The Kier molecular flexibility index (Phi) is 3.35. The van der Waals surface area contributed by atoms with Crippen LogP contribution in [-0.2, 0) is 0 Å². The summed E-state index contributed by atoms with van der Waals surface area (Å²) in [7, 11) is 0. The van der Waals surface area contributed by atoms with E-state index >= 15 is 0 Å². The first kappa shape index (κ1) is 9.33. The molecule has 0 heterocycles. The van der Waals surface area contributed by atoms with Gasteiger partial charge in [0, 0.05) is 6.07 Å². The number of hydrogen-bond acceptors (Lipinski definition) is 1. The van der Waals surface area contributed by atoms with Crippen molar-refractivity contribution in [1.29, 1.82) is 0 Å². The van der Waals surface area contributed by atoms with Gasteiger partial charge in [0.15, 0.2) is 0 Å². The number of alkyl halides is 1. The lowest BCUT2D eigenvalue weighted by atomic mass is 10.3. The molecule has 1 aromatic carbocycles. The molecular weight excluding hydrogens is 179 g/mol. The van der Waals surface area contributed by atoms with E-state index in [1.165, 1.54) is 12.1 Å². The van der Waals surface area contributed by atoms with E-state index in [1.807, 2.05) is 6.92 Å². The van der Waals surface area contributed by atoms with Crippen LogP contribution in [0.4, 0.5) is 4.39 Å². The lowest BCUT2D eigenvalue weighted by Crippen LogP contribution is -2.12. The van der Waals surface area contributed by atoms with E-state index in [1.54, 1.807) is 12.1 Å². The zero-order chi connectivity index (χ0) is 8.97. The van der Waals surface area contributed by atoms with Crippen molar-refractivity contribution in [3.8, 4) is 5.75 Å². The summed E-state index contributed by atoms with van der Waals surface area (Å²) in [5.74, 6) is 0.619. The largest absolute Gasteiger partial charge is 0.489 e. The molecule has 0 aliphatic heterocycles. The molecule has 0 aliphatic carbocycles. The Hall–Kier alpha value is -0.760. The normalized spacial score (nSPS) is 12.6. The minimum absolute atomic E-state index is 0.0894. The van der Waals surface area contributed by atoms with Gasteiger partial charge >= 0.3 is 0 Å². The molecule has 1 unspecified atom stereocenters. The van der Waals surface area contributed by atoms with Crippen molar-refractivity contribution in [1.82, 2.24) is 0 Å². The second-order valence-corrected chi connectivity index (χ2v) is 2.85. The molecule has 0 aliphatic rings. The van der Waals surface area contributed by atoms with Crippen molar-refractivity contribution in [2.75, 3.05) is 5.88 Å². The molecule has 1 aromatic rings. The molecule has 0 radical (unpaired) electrons. The van der Waals surface area contributed by atoms with Crippen LogP contribution in [-0.4, -0.2) is 12.0 Å². The fourth-order valence-corrected chi connectivity index (χ4v) is 0.867. The first-order valence-electron chi connectivity index (χ1n) is 3.70. The molecule has 0 saturated heterocycles. The molecule has 3 heteroatoms. The lowest BCUT2D eigenvalue weighted by Gasteiger charge is -2.10. The minimum Gasteiger partial charge on any atom is -0.489 e. The molecule has 0 amide bonds.